The molecule has 6 heteroatoms. The van der Waals surface area contributed by atoms with Gasteiger partial charge in [0.1, 0.15) is 13.2 Å². The van der Waals surface area contributed by atoms with Crippen LogP contribution in [0, 0.1) is 0 Å². The van der Waals surface area contributed by atoms with E-state index in [9.17, 15) is 14.4 Å². The van der Waals surface area contributed by atoms with Gasteiger partial charge in [-0.25, -0.2) is 0 Å². The summed E-state index contributed by atoms with van der Waals surface area (Å²) in [6, 6.07) is 0. The van der Waals surface area contributed by atoms with Gasteiger partial charge in [0.05, 0.1) is 0 Å². The van der Waals surface area contributed by atoms with E-state index in [2.05, 4.69) is 81.5 Å². The Kier molecular flexibility index (Phi) is 56.8. The van der Waals surface area contributed by atoms with Crippen molar-refractivity contribution in [2.24, 2.45) is 0 Å². The fourth-order valence-electron chi connectivity index (χ4n) is 8.67. The van der Waals surface area contributed by atoms with Crippen molar-refractivity contribution in [3.05, 3.63) is 72.9 Å². The normalized spacial score (nSPS) is 12.5. The minimum atomic E-state index is -0.808. The topological polar surface area (TPSA) is 78.9 Å². The van der Waals surface area contributed by atoms with Crippen LogP contribution in [0.15, 0.2) is 72.9 Å². The van der Waals surface area contributed by atoms with E-state index in [4.69, 9.17) is 14.2 Å². The fourth-order valence-corrected chi connectivity index (χ4v) is 8.67. The molecule has 0 aliphatic rings. The van der Waals surface area contributed by atoms with Gasteiger partial charge in [-0.2, -0.15) is 0 Å². The third-order valence-electron chi connectivity index (χ3n) is 13.2. The molecule has 0 N–H and O–H groups in total. The molecule has 0 bridgehead atoms. The van der Waals surface area contributed by atoms with Crippen molar-refractivity contribution in [2.75, 3.05) is 13.2 Å². The smallest absolute Gasteiger partial charge is 0.306 e. The summed E-state index contributed by atoms with van der Waals surface area (Å²) in [5.74, 6) is -0.982. The highest BCUT2D eigenvalue weighted by molar-refractivity contribution is 5.71. The molecule has 0 saturated carbocycles. The lowest BCUT2D eigenvalue weighted by Gasteiger charge is -2.18. The van der Waals surface area contributed by atoms with Crippen LogP contribution in [0.25, 0.3) is 0 Å². The first kappa shape index (κ1) is 67.8. The number of carbonyl (C=O) groups excluding carboxylic acids is 3. The van der Waals surface area contributed by atoms with Gasteiger partial charge in [0.25, 0.3) is 0 Å². The highest BCUT2D eigenvalue weighted by Crippen LogP contribution is 2.17. The SMILES string of the molecule is CC/C=C\C/C=C\C/C=C\C/C=C\CCC(=O)OC(COC(=O)CCCCCCCCC)COC(=O)CCCCCCCCCCCCCCCCCCCCCCC/C=C\C/C=C\CCCCCCC. The first-order valence-electron chi connectivity index (χ1n) is 30.4. The van der Waals surface area contributed by atoms with E-state index in [0.29, 0.717) is 19.3 Å². The Morgan fingerprint density at radius 2 is 0.577 bits per heavy atom. The Hall–Kier alpha value is -3.15. The van der Waals surface area contributed by atoms with Crippen molar-refractivity contribution in [1.29, 1.82) is 0 Å². The fraction of sp³-hybridized carbons (Fsp3) is 0.769. The van der Waals surface area contributed by atoms with Crippen molar-refractivity contribution in [3.8, 4) is 0 Å². The van der Waals surface area contributed by atoms with Gasteiger partial charge in [-0.15, -0.1) is 0 Å². The van der Waals surface area contributed by atoms with Gasteiger partial charge in [0.2, 0.25) is 0 Å². The Morgan fingerprint density at radius 1 is 0.296 bits per heavy atom. The van der Waals surface area contributed by atoms with Gasteiger partial charge in [-0.3, -0.25) is 14.4 Å². The van der Waals surface area contributed by atoms with Crippen LogP contribution >= 0.6 is 0 Å². The van der Waals surface area contributed by atoms with Crippen LogP contribution in [-0.4, -0.2) is 37.2 Å². The third-order valence-corrected chi connectivity index (χ3v) is 13.2. The lowest BCUT2D eigenvalue weighted by molar-refractivity contribution is -0.166. The van der Waals surface area contributed by atoms with Crippen molar-refractivity contribution < 1.29 is 28.6 Å². The maximum absolute atomic E-state index is 12.7. The molecule has 1 atom stereocenters. The molecule has 0 fully saturated rings. The zero-order chi connectivity index (χ0) is 51.4. The number of esters is 3. The predicted octanol–water partition coefficient (Wildman–Crippen LogP) is 20.5. The molecule has 0 saturated heterocycles. The van der Waals surface area contributed by atoms with Gasteiger partial charge in [0, 0.05) is 19.3 Å². The molecule has 0 spiro atoms. The summed E-state index contributed by atoms with van der Waals surface area (Å²) >= 11 is 0. The van der Waals surface area contributed by atoms with Crippen LogP contribution in [0.2, 0.25) is 0 Å². The molecule has 0 aliphatic carbocycles. The van der Waals surface area contributed by atoms with E-state index in [-0.39, 0.29) is 37.5 Å². The van der Waals surface area contributed by atoms with E-state index in [0.717, 1.165) is 70.6 Å². The Labute approximate surface area is 440 Å². The van der Waals surface area contributed by atoms with Crippen LogP contribution in [0.4, 0.5) is 0 Å². The monoisotopic (exact) mass is 991 g/mol. The van der Waals surface area contributed by atoms with Crippen molar-refractivity contribution in [3.63, 3.8) is 0 Å². The largest absolute Gasteiger partial charge is 0.462 e. The van der Waals surface area contributed by atoms with Gasteiger partial charge in [-0.05, 0) is 77.0 Å². The van der Waals surface area contributed by atoms with Crippen molar-refractivity contribution in [1.82, 2.24) is 0 Å². The molecule has 0 aromatic heterocycles. The number of rotatable bonds is 55. The summed E-state index contributed by atoms with van der Waals surface area (Å²) in [4.78, 5) is 37.8. The summed E-state index contributed by atoms with van der Waals surface area (Å²) in [5, 5.41) is 0. The van der Waals surface area contributed by atoms with Gasteiger partial charge in [0.15, 0.2) is 6.10 Å². The Balaban J connectivity index is 3.98. The van der Waals surface area contributed by atoms with Gasteiger partial charge < -0.3 is 14.2 Å². The third kappa shape index (κ3) is 57.6. The summed E-state index contributed by atoms with van der Waals surface area (Å²) in [6.45, 7) is 6.42. The highest BCUT2D eigenvalue weighted by Gasteiger charge is 2.19. The molecule has 0 rings (SSSR count). The van der Waals surface area contributed by atoms with E-state index < -0.39 is 6.10 Å². The second-order valence-corrected chi connectivity index (χ2v) is 20.2. The van der Waals surface area contributed by atoms with Crippen LogP contribution in [0.5, 0.6) is 0 Å². The molecular formula is C65H114O6. The molecule has 6 nitrogen and oxygen atoms in total. The minimum Gasteiger partial charge on any atom is -0.462 e. The van der Waals surface area contributed by atoms with E-state index in [1.54, 1.807) is 0 Å². The second kappa shape index (κ2) is 59.4. The van der Waals surface area contributed by atoms with Crippen LogP contribution in [0.3, 0.4) is 0 Å². The second-order valence-electron chi connectivity index (χ2n) is 20.2. The molecule has 0 aliphatic heterocycles. The number of allylic oxidation sites excluding steroid dienone is 12. The average Bonchev–Trinajstić information content (AvgIpc) is 3.37. The lowest BCUT2D eigenvalue weighted by Crippen LogP contribution is -2.30. The number of carbonyl (C=O) groups is 3. The lowest BCUT2D eigenvalue weighted by atomic mass is 10.0. The van der Waals surface area contributed by atoms with E-state index in [1.165, 1.54) is 186 Å². The molecule has 0 aromatic carbocycles. The molecule has 1 unspecified atom stereocenters. The standard InChI is InChI=1S/C65H114O6/c1-4-7-10-13-16-18-20-22-23-24-25-26-27-28-29-30-31-32-33-34-35-36-37-38-39-40-41-43-44-46-49-52-55-58-64(67)70-61-62(60-69-63(66)57-54-51-48-15-12-9-6-3)71-65(68)59-56-53-50-47-45-42-21-19-17-14-11-8-5-2/h8,11,17,19-20,22,24-25,42,45,50,53,62H,4-7,9-10,12-16,18,21,23,26-41,43-44,46-49,51-52,54-61H2,1-3H3/b11-8-,19-17-,22-20-,25-24-,45-42-,53-50-. The summed E-state index contributed by atoms with van der Waals surface area (Å²) in [6.07, 6.45) is 76.9. The number of hydrogen-bond donors (Lipinski definition) is 0. The maximum Gasteiger partial charge on any atom is 0.306 e. The molecule has 0 aromatic rings. The van der Waals surface area contributed by atoms with E-state index in [1.807, 2.05) is 12.2 Å². The van der Waals surface area contributed by atoms with Crippen LogP contribution in [-0.2, 0) is 28.6 Å². The Bertz CT molecular complexity index is 1320. The average molecular weight is 992 g/mol. The molecular weight excluding hydrogens is 877 g/mol. The van der Waals surface area contributed by atoms with Gasteiger partial charge in [-0.1, -0.05) is 280 Å². The minimum absolute atomic E-state index is 0.101. The van der Waals surface area contributed by atoms with Crippen LogP contribution in [0.1, 0.15) is 303 Å². The molecule has 0 radical (unpaired) electrons. The Morgan fingerprint density at radius 3 is 0.915 bits per heavy atom. The summed E-state index contributed by atoms with van der Waals surface area (Å²) in [7, 11) is 0. The molecule has 71 heavy (non-hydrogen) atoms. The van der Waals surface area contributed by atoms with Crippen molar-refractivity contribution >= 4 is 17.9 Å². The first-order valence-corrected chi connectivity index (χ1v) is 30.4. The zero-order valence-electron chi connectivity index (χ0n) is 47.0. The number of unbranched alkanes of at least 4 members (excludes halogenated alkanes) is 32. The summed E-state index contributed by atoms with van der Waals surface area (Å²) < 4.78 is 16.7. The highest BCUT2D eigenvalue weighted by atomic mass is 16.6. The molecule has 0 amide bonds. The van der Waals surface area contributed by atoms with Gasteiger partial charge >= 0.3 is 17.9 Å². The first-order chi connectivity index (χ1) is 35.0. The van der Waals surface area contributed by atoms with E-state index >= 15 is 0 Å². The predicted molar refractivity (Wildman–Crippen MR) is 307 cm³/mol. The zero-order valence-corrected chi connectivity index (χ0v) is 47.0. The van der Waals surface area contributed by atoms with Crippen molar-refractivity contribution in [2.45, 2.75) is 309 Å². The van der Waals surface area contributed by atoms with Crippen LogP contribution < -0.4 is 0 Å². The number of hydrogen-bond acceptors (Lipinski definition) is 6. The molecule has 0 heterocycles. The molecule has 410 valence electrons. The summed E-state index contributed by atoms with van der Waals surface area (Å²) in [5.41, 5.74) is 0. The maximum atomic E-state index is 12.7. The quantitative estimate of drug-likeness (QED) is 0.0261. The number of ether oxygens (including phenoxy) is 3.